The maximum absolute atomic E-state index is 12.9. The fourth-order valence-electron chi connectivity index (χ4n) is 8.97. The molecule has 0 fully saturated rings. The van der Waals surface area contributed by atoms with Crippen molar-refractivity contribution in [3.63, 3.8) is 0 Å². The van der Waals surface area contributed by atoms with Gasteiger partial charge in [-0.15, -0.1) is 0 Å². The van der Waals surface area contributed by atoms with Gasteiger partial charge in [0, 0.05) is 19.3 Å². The van der Waals surface area contributed by atoms with Gasteiger partial charge < -0.3 is 14.2 Å². The van der Waals surface area contributed by atoms with Crippen LogP contribution in [-0.2, 0) is 28.6 Å². The van der Waals surface area contributed by atoms with E-state index in [-0.39, 0.29) is 31.1 Å². The number of carbonyl (C=O) groups is 3. The molecule has 0 aliphatic heterocycles. The van der Waals surface area contributed by atoms with Crippen molar-refractivity contribution in [3.8, 4) is 0 Å². The van der Waals surface area contributed by atoms with Crippen LogP contribution in [0.25, 0.3) is 0 Å². The summed E-state index contributed by atoms with van der Waals surface area (Å²) in [4.78, 5) is 38.3. The highest BCUT2D eigenvalue weighted by atomic mass is 16.6. The summed E-state index contributed by atoms with van der Waals surface area (Å²) in [5.41, 5.74) is 0. The van der Waals surface area contributed by atoms with Gasteiger partial charge in [-0.1, -0.05) is 266 Å². The molecular weight excluding hydrogens is 937 g/mol. The molecule has 1 atom stereocenters. The Labute approximate surface area is 470 Å². The van der Waals surface area contributed by atoms with E-state index in [9.17, 15) is 14.4 Å². The molecule has 0 aliphatic rings. The van der Waals surface area contributed by atoms with E-state index in [1.165, 1.54) is 161 Å². The minimum atomic E-state index is -0.788. The van der Waals surface area contributed by atoms with Gasteiger partial charge in [-0.05, 0) is 122 Å². The molecule has 0 saturated carbocycles. The van der Waals surface area contributed by atoms with Gasteiger partial charge in [0.1, 0.15) is 13.2 Å². The molecule has 0 saturated heterocycles. The van der Waals surface area contributed by atoms with Crippen molar-refractivity contribution >= 4 is 17.9 Å². The lowest BCUT2D eigenvalue weighted by Gasteiger charge is -2.18. The van der Waals surface area contributed by atoms with Crippen LogP contribution in [0.5, 0.6) is 0 Å². The van der Waals surface area contributed by atoms with Crippen LogP contribution in [0, 0.1) is 0 Å². The lowest BCUT2D eigenvalue weighted by molar-refractivity contribution is -0.167. The topological polar surface area (TPSA) is 78.9 Å². The van der Waals surface area contributed by atoms with Gasteiger partial charge in [0.05, 0.1) is 0 Å². The van der Waals surface area contributed by atoms with Crippen molar-refractivity contribution in [1.29, 1.82) is 0 Å². The van der Waals surface area contributed by atoms with Crippen molar-refractivity contribution in [3.05, 3.63) is 97.2 Å². The Kier molecular flexibility index (Phi) is 60.8. The van der Waals surface area contributed by atoms with Gasteiger partial charge in [-0.25, -0.2) is 0 Å². The number of allylic oxidation sites excluding steroid dienone is 16. The molecule has 0 heterocycles. The molecule has 0 spiro atoms. The predicted octanol–water partition coefficient (Wildman–Crippen LogP) is 22.0. The number of ether oxygens (including phenoxy) is 3. The van der Waals surface area contributed by atoms with Crippen LogP contribution in [0.2, 0.25) is 0 Å². The fraction of sp³-hybridized carbons (Fsp3) is 0.729. The summed E-state index contributed by atoms with van der Waals surface area (Å²) in [6, 6.07) is 0. The third kappa shape index (κ3) is 61.2. The van der Waals surface area contributed by atoms with Gasteiger partial charge in [0.25, 0.3) is 0 Å². The third-order valence-electron chi connectivity index (χ3n) is 13.8. The summed E-state index contributed by atoms with van der Waals surface area (Å²) in [7, 11) is 0. The zero-order valence-corrected chi connectivity index (χ0v) is 50.0. The minimum absolute atomic E-state index is 0.0850. The normalized spacial score (nSPS) is 12.7. The summed E-state index contributed by atoms with van der Waals surface area (Å²) in [6.07, 6.45) is 85.5. The van der Waals surface area contributed by atoms with Gasteiger partial charge in [0.15, 0.2) is 6.10 Å². The SMILES string of the molecule is CC/C=C\C/C=C\C/C=C\C/C=C\C/C=C\C/C=C\CCCCCCCCCCC(=O)OCC(COC(=O)CCCCCCC/C=C\CCCCCC)OC(=O)CCCCCCCCC/C=C\CCCCCCCCC. The molecule has 0 aromatic rings. The molecule has 0 aromatic heterocycles. The summed E-state index contributed by atoms with van der Waals surface area (Å²) in [5, 5.41) is 0. The maximum atomic E-state index is 12.9. The molecule has 0 N–H and O–H groups in total. The Hall–Kier alpha value is -3.67. The smallest absolute Gasteiger partial charge is 0.306 e. The summed E-state index contributed by atoms with van der Waals surface area (Å²) < 4.78 is 16.9. The second-order valence-electron chi connectivity index (χ2n) is 21.3. The number of hydrogen-bond donors (Lipinski definition) is 0. The summed E-state index contributed by atoms with van der Waals surface area (Å²) >= 11 is 0. The fourth-order valence-corrected chi connectivity index (χ4v) is 8.97. The largest absolute Gasteiger partial charge is 0.462 e. The Balaban J connectivity index is 4.34. The molecule has 6 nitrogen and oxygen atoms in total. The number of esters is 3. The van der Waals surface area contributed by atoms with Crippen molar-refractivity contribution in [2.24, 2.45) is 0 Å². The van der Waals surface area contributed by atoms with Gasteiger partial charge in [-0.3, -0.25) is 14.4 Å². The quantitative estimate of drug-likeness (QED) is 0.0261. The zero-order chi connectivity index (χ0) is 55.0. The van der Waals surface area contributed by atoms with Crippen LogP contribution < -0.4 is 0 Å². The van der Waals surface area contributed by atoms with Crippen LogP contribution in [0.3, 0.4) is 0 Å². The van der Waals surface area contributed by atoms with E-state index in [0.717, 1.165) is 109 Å². The average Bonchev–Trinajstić information content (AvgIpc) is 3.42. The summed E-state index contributed by atoms with van der Waals surface area (Å²) in [6.45, 7) is 6.52. The van der Waals surface area contributed by atoms with Crippen LogP contribution >= 0.6 is 0 Å². The van der Waals surface area contributed by atoms with E-state index in [2.05, 4.69) is 118 Å². The molecule has 0 aromatic carbocycles. The highest BCUT2D eigenvalue weighted by molar-refractivity contribution is 5.71. The van der Waals surface area contributed by atoms with E-state index >= 15 is 0 Å². The molecule has 0 amide bonds. The minimum Gasteiger partial charge on any atom is -0.462 e. The van der Waals surface area contributed by atoms with Crippen molar-refractivity contribution in [2.45, 2.75) is 316 Å². The first-order valence-electron chi connectivity index (χ1n) is 32.2. The maximum Gasteiger partial charge on any atom is 0.306 e. The second-order valence-corrected chi connectivity index (χ2v) is 21.3. The van der Waals surface area contributed by atoms with E-state index in [1.54, 1.807) is 0 Å². The monoisotopic (exact) mass is 1060 g/mol. The Morgan fingerprint density at radius 2 is 0.513 bits per heavy atom. The molecule has 0 aliphatic carbocycles. The van der Waals surface area contributed by atoms with Crippen molar-refractivity contribution < 1.29 is 28.6 Å². The number of hydrogen-bond acceptors (Lipinski definition) is 6. The van der Waals surface area contributed by atoms with Gasteiger partial charge in [0.2, 0.25) is 0 Å². The van der Waals surface area contributed by atoms with Gasteiger partial charge in [-0.2, -0.15) is 0 Å². The molecule has 436 valence electrons. The van der Waals surface area contributed by atoms with Crippen LogP contribution in [0.15, 0.2) is 97.2 Å². The van der Waals surface area contributed by atoms with Crippen LogP contribution in [-0.4, -0.2) is 37.2 Å². The lowest BCUT2D eigenvalue weighted by Crippen LogP contribution is -2.30. The molecule has 0 bridgehead atoms. The molecule has 0 rings (SSSR count). The lowest BCUT2D eigenvalue weighted by atomic mass is 10.1. The van der Waals surface area contributed by atoms with E-state index in [1.807, 2.05) is 0 Å². The van der Waals surface area contributed by atoms with E-state index in [0.29, 0.717) is 19.3 Å². The Morgan fingerprint density at radius 3 is 0.829 bits per heavy atom. The average molecular weight is 1060 g/mol. The first-order chi connectivity index (χ1) is 37.5. The zero-order valence-electron chi connectivity index (χ0n) is 50.0. The summed E-state index contributed by atoms with van der Waals surface area (Å²) in [5.74, 6) is -0.896. The van der Waals surface area contributed by atoms with Crippen molar-refractivity contribution in [1.82, 2.24) is 0 Å². The predicted molar refractivity (Wildman–Crippen MR) is 330 cm³/mol. The second kappa shape index (κ2) is 63.9. The molecule has 76 heavy (non-hydrogen) atoms. The first-order valence-corrected chi connectivity index (χ1v) is 32.2. The molecule has 0 radical (unpaired) electrons. The van der Waals surface area contributed by atoms with E-state index in [4.69, 9.17) is 14.2 Å². The Bertz CT molecular complexity index is 1490. The molecule has 1 unspecified atom stereocenters. The molecular formula is C70H120O6. The van der Waals surface area contributed by atoms with Gasteiger partial charge >= 0.3 is 17.9 Å². The number of rotatable bonds is 58. The highest BCUT2D eigenvalue weighted by Gasteiger charge is 2.19. The van der Waals surface area contributed by atoms with E-state index < -0.39 is 6.10 Å². The highest BCUT2D eigenvalue weighted by Crippen LogP contribution is 2.16. The van der Waals surface area contributed by atoms with Crippen LogP contribution in [0.4, 0.5) is 0 Å². The number of carbonyl (C=O) groups excluding carboxylic acids is 3. The Morgan fingerprint density at radius 1 is 0.276 bits per heavy atom. The van der Waals surface area contributed by atoms with Crippen LogP contribution in [0.1, 0.15) is 310 Å². The first kappa shape index (κ1) is 72.3. The third-order valence-corrected chi connectivity index (χ3v) is 13.8. The standard InChI is InChI=1S/C70H120O6/c1-4-7-10-13-16-19-22-25-27-29-31-32-33-34-35-36-37-38-39-41-42-45-48-51-54-57-60-63-69(72)75-66-67(65-74-68(71)62-59-56-53-50-47-44-24-21-18-15-12-9-6-3)76-70(73)64-61-58-55-52-49-46-43-40-30-28-26-23-20-17-14-11-8-5-2/h7,10,16,19,21,24-25,27-28,30-32,34-35,37-38,67H,4-6,8-9,11-15,17-18,20,22-23,26,29,33,36,39-66H2,1-3H3/b10-7-,19-16-,24-21-,27-25-,30-28-,32-31-,35-34-,38-37-. The number of unbranched alkanes of at least 4 members (excludes halogenated alkanes) is 31. The molecule has 6 heteroatoms. The van der Waals surface area contributed by atoms with Crippen molar-refractivity contribution in [2.75, 3.05) is 13.2 Å².